The summed E-state index contributed by atoms with van der Waals surface area (Å²) < 4.78 is 5.43. The Morgan fingerprint density at radius 2 is 1.78 bits per heavy atom. The largest absolute Gasteiger partial charge is 0.444 e. The van der Waals surface area contributed by atoms with Crippen LogP contribution in [-0.4, -0.2) is 36.2 Å². The Kier molecular flexibility index (Phi) is 4.90. The van der Waals surface area contributed by atoms with Crippen molar-refractivity contribution in [1.29, 1.82) is 0 Å². The number of fused-ring (bicyclic) bond motifs is 2. The van der Waals surface area contributed by atoms with Crippen LogP contribution in [0.3, 0.4) is 0 Å². The monoisotopic (exact) mass is 276 g/mol. The van der Waals surface area contributed by atoms with E-state index in [9.17, 15) is 4.79 Å². The predicted molar refractivity (Wildman–Crippen MR) is 73.8 cm³/mol. The van der Waals surface area contributed by atoms with Gasteiger partial charge >= 0.3 is 6.09 Å². The Morgan fingerprint density at radius 1 is 1.28 bits per heavy atom. The van der Waals surface area contributed by atoms with Crippen LogP contribution in [0.5, 0.6) is 0 Å². The molecule has 2 N–H and O–H groups in total. The van der Waals surface area contributed by atoms with Crippen molar-refractivity contribution in [3.05, 3.63) is 0 Å². The SMILES string of the molecule is CC(C)(C)OC(=O)N1C[C@H]2CC[C@@H](C1)C2CN.Cl. The van der Waals surface area contributed by atoms with Crippen LogP contribution in [-0.2, 0) is 4.74 Å². The number of piperidine rings is 1. The lowest BCUT2D eigenvalue weighted by molar-refractivity contribution is 0.00865. The third-order valence-electron chi connectivity index (χ3n) is 3.95. The number of rotatable bonds is 1. The molecule has 0 aromatic heterocycles. The van der Waals surface area contributed by atoms with Crippen LogP contribution in [0.2, 0.25) is 0 Å². The van der Waals surface area contributed by atoms with Crippen molar-refractivity contribution in [2.24, 2.45) is 23.5 Å². The van der Waals surface area contributed by atoms with Crippen LogP contribution in [0.15, 0.2) is 0 Å². The molecule has 0 aromatic carbocycles. The summed E-state index contributed by atoms with van der Waals surface area (Å²) in [7, 11) is 0. The molecule has 2 bridgehead atoms. The minimum atomic E-state index is -0.402. The van der Waals surface area contributed by atoms with Crippen LogP contribution in [0, 0.1) is 17.8 Å². The number of halogens is 1. The van der Waals surface area contributed by atoms with Crippen molar-refractivity contribution in [2.45, 2.75) is 39.2 Å². The normalized spacial score (nSPS) is 30.9. The van der Waals surface area contributed by atoms with Crippen molar-refractivity contribution in [3.63, 3.8) is 0 Å². The molecule has 2 aliphatic rings. The van der Waals surface area contributed by atoms with E-state index in [1.807, 2.05) is 25.7 Å². The quantitative estimate of drug-likeness (QED) is 0.799. The molecule has 0 spiro atoms. The molecular formula is C13H25ClN2O2. The van der Waals surface area contributed by atoms with Gasteiger partial charge in [0.15, 0.2) is 0 Å². The van der Waals surface area contributed by atoms with E-state index in [1.165, 1.54) is 12.8 Å². The maximum absolute atomic E-state index is 12.0. The lowest BCUT2D eigenvalue weighted by atomic mass is 9.85. The smallest absolute Gasteiger partial charge is 0.410 e. The fourth-order valence-electron chi connectivity index (χ4n) is 3.20. The first-order valence-electron chi connectivity index (χ1n) is 6.58. The summed E-state index contributed by atoms with van der Waals surface area (Å²) in [6.07, 6.45) is 2.27. The van der Waals surface area contributed by atoms with E-state index < -0.39 is 5.60 Å². The molecule has 2 rings (SSSR count). The number of nitrogens with zero attached hydrogens (tertiary/aromatic N) is 1. The molecule has 5 heteroatoms. The highest BCUT2D eigenvalue weighted by atomic mass is 35.5. The molecule has 2 fully saturated rings. The van der Waals surface area contributed by atoms with E-state index in [4.69, 9.17) is 10.5 Å². The molecule has 1 saturated carbocycles. The zero-order valence-electron chi connectivity index (χ0n) is 11.5. The first-order chi connectivity index (χ1) is 7.90. The second kappa shape index (κ2) is 5.66. The number of ether oxygens (including phenoxy) is 1. The van der Waals surface area contributed by atoms with Crippen molar-refractivity contribution in [2.75, 3.05) is 19.6 Å². The summed E-state index contributed by atoms with van der Waals surface area (Å²) in [5.41, 5.74) is 5.41. The van der Waals surface area contributed by atoms with E-state index in [-0.39, 0.29) is 18.5 Å². The fourth-order valence-corrected chi connectivity index (χ4v) is 3.20. The van der Waals surface area contributed by atoms with Gasteiger partial charge in [-0.1, -0.05) is 0 Å². The lowest BCUT2D eigenvalue weighted by Gasteiger charge is -2.38. The number of likely N-dealkylation sites (tertiary alicyclic amines) is 1. The molecule has 4 nitrogen and oxygen atoms in total. The second-order valence-corrected chi connectivity index (χ2v) is 6.38. The predicted octanol–water partition coefficient (Wildman–Crippen LogP) is 2.26. The fraction of sp³-hybridized carbons (Fsp3) is 0.923. The van der Waals surface area contributed by atoms with Gasteiger partial charge in [0.1, 0.15) is 5.60 Å². The average Bonchev–Trinajstić information content (AvgIpc) is 2.44. The van der Waals surface area contributed by atoms with Gasteiger partial charge in [-0.2, -0.15) is 0 Å². The van der Waals surface area contributed by atoms with Gasteiger partial charge in [0.2, 0.25) is 0 Å². The van der Waals surface area contributed by atoms with Crippen LogP contribution < -0.4 is 5.73 Å². The van der Waals surface area contributed by atoms with Crippen molar-refractivity contribution < 1.29 is 9.53 Å². The second-order valence-electron chi connectivity index (χ2n) is 6.38. The Labute approximate surface area is 116 Å². The van der Waals surface area contributed by atoms with E-state index in [2.05, 4.69) is 0 Å². The number of hydrogen-bond donors (Lipinski definition) is 1. The molecule has 1 saturated heterocycles. The summed E-state index contributed by atoms with van der Waals surface area (Å²) in [6.45, 7) is 8.14. The highest BCUT2D eigenvalue weighted by Gasteiger charge is 2.43. The van der Waals surface area contributed by atoms with Gasteiger partial charge in [-0.15, -0.1) is 12.4 Å². The van der Waals surface area contributed by atoms with Crippen molar-refractivity contribution in [3.8, 4) is 0 Å². The molecule has 1 heterocycles. The number of hydrogen-bond acceptors (Lipinski definition) is 3. The third kappa shape index (κ3) is 3.29. The van der Waals surface area contributed by atoms with Crippen LogP contribution >= 0.6 is 12.4 Å². The highest BCUT2D eigenvalue weighted by Crippen LogP contribution is 2.41. The molecule has 106 valence electrons. The summed E-state index contributed by atoms with van der Waals surface area (Å²) in [6, 6.07) is 0. The van der Waals surface area contributed by atoms with Crippen LogP contribution in [0.4, 0.5) is 4.79 Å². The number of amides is 1. The summed E-state index contributed by atoms with van der Waals surface area (Å²) in [5, 5.41) is 0. The maximum Gasteiger partial charge on any atom is 0.410 e. The van der Waals surface area contributed by atoms with E-state index in [0.717, 1.165) is 19.6 Å². The summed E-state index contributed by atoms with van der Waals surface area (Å²) >= 11 is 0. The molecule has 1 amide bonds. The molecule has 1 aliphatic heterocycles. The van der Waals surface area contributed by atoms with E-state index in [0.29, 0.717) is 17.8 Å². The number of carbonyl (C=O) groups excluding carboxylic acids is 1. The molecule has 3 atom stereocenters. The zero-order chi connectivity index (χ0) is 12.6. The topological polar surface area (TPSA) is 55.6 Å². The molecule has 0 radical (unpaired) electrons. The number of nitrogens with two attached hydrogens (primary N) is 1. The van der Waals surface area contributed by atoms with E-state index in [1.54, 1.807) is 0 Å². The Hall–Kier alpha value is -0.480. The van der Waals surface area contributed by atoms with Gasteiger partial charge in [-0.05, 0) is 57.9 Å². The molecule has 1 aliphatic carbocycles. The molecular weight excluding hydrogens is 252 g/mol. The lowest BCUT2D eigenvalue weighted by Crippen LogP contribution is -2.48. The van der Waals surface area contributed by atoms with Gasteiger partial charge in [0.05, 0.1) is 0 Å². The van der Waals surface area contributed by atoms with Gasteiger partial charge in [0.25, 0.3) is 0 Å². The van der Waals surface area contributed by atoms with Gasteiger partial charge in [-0.3, -0.25) is 0 Å². The van der Waals surface area contributed by atoms with Crippen LogP contribution in [0.25, 0.3) is 0 Å². The average molecular weight is 277 g/mol. The van der Waals surface area contributed by atoms with E-state index >= 15 is 0 Å². The maximum atomic E-state index is 12.0. The molecule has 18 heavy (non-hydrogen) atoms. The summed E-state index contributed by atoms with van der Waals surface area (Å²) in [4.78, 5) is 13.9. The molecule has 1 unspecified atom stereocenters. The summed E-state index contributed by atoms with van der Waals surface area (Å²) in [5.74, 6) is 1.80. The Bertz CT molecular complexity index is 290. The van der Waals surface area contributed by atoms with Crippen molar-refractivity contribution >= 4 is 18.5 Å². The highest BCUT2D eigenvalue weighted by molar-refractivity contribution is 5.85. The zero-order valence-corrected chi connectivity index (χ0v) is 12.3. The standard InChI is InChI=1S/C13H24N2O2.ClH/c1-13(2,3)17-12(16)15-7-9-4-5-10(8-15)11(9)6-14;/h9-11H,4-8,14H2,1-3H3;1H/t9-,10+,11?;. The minimum absolute atomic E-state index is 0. The van der Waals surface area contributed by atoms with Crippen LogP contribution in [0.1, 0.15) is 33.6 Å². The van der Waals surface area contributed by atoms with Crippen molar-refractivity contribution in [1.82, 2.24) is 4.90 Å². The first kappa shape index (κ1) is 15.6. The third-order valence-corrected chi connectivity index (χ3v) is 3.95. The minimum Gasteiger partial charge on any atom is -0.444 e. The first-order valence-corrected chi connectivity index (χ1v) is 6.58. The van der Waals surface area contributed by atoms with Gasteiger partial charge < -0.3 is 15.4 Å². The Morgan fingerprint density at radius 3 is 2.17 bits per heavy atom. The van der Waals surface area contributed by atoms with Gasteiger partial charge in [0, 0.05) is 13.1 Å². The Balaban J connectivity index is 0.00000162. The van der Waals surface area contributed by atoms with Gasteiger partial charge in [-0.25, -0.2) is 4.79 Å². The number of carbonyl (C=O) groups is 1. The molecule has 0 aromatic rings.